The molecule has 0 saturated heterocycles. The smallest absolute Gasteiger partial charge is 0.251 e. The molecule has 1 heterocycles. The van der Waals surface area contributed by atoms with Gasteiger partial charge in [0.15, 0.2) is 5.75 Å². The largest absolute Gasteiger partial charge is 0.494 e. The van der Waals surface area contributed by atoms with Gasteiger partial charge in [-0.2, -0.15) is 5.10 Å². The lowest BCUT2D eigenvalue weighted by Crippen LogP contribution is -2.26. The Balaban J connectivity index is 1.73. The molecular weight excluding hydrogens is 375 g/mol. The van der Waals surface area contributed by atoms with Crippen LogP contribution in [0, 0.1) is 0 Å². The molecule has 0 radical (unpaired) electrons. The predicted molar refractivity (Wildman–Crippen MR) is 100 cm³/mol. The van der Waals surface area contributed by atoms with Gasteiger partial charge in [0.05, 0.1) is 28.9 Å². The van der Waals surface area contributed by atoms with Crippen molar-refractivity contribution >= 4 is 29.1 Å². The molecular formula is C18H16Cl2N4O2. The Bertz CT molecular complexity index is 888. The van der Waals surface area contributed by atoms with Crippen molar-refractivity contribution in [3.8, 4) is 11.4 Å². The summed E-state index contributed by atoms with van der Waals surface area (Å²) in [6.07, 6.45) is 3.10. The first kappa shape index (κ1) is 18.2. The summed E-state index contributed by atoms with van der Waals surface area (Å²) in [5.74, 6) is 0.0749. The molecule has 0 aliphatic rings. The molecule has 0 aliphatic heterocycles. The number of hydrogen-bond donors (Lipinski definition) is 1. The fourth-order valence-electron chi connectivity index (χ4n) is 2.51. The van der Waals surface area contributed by atoms with Crippen LogP contribution in [0.4, 0.5) is 0 Å². The Labute approximate surface area is 160 Å². The van der Waals surface area contributed by atoms with Crippen LogP contribution in [0.25, 0.3) is 5.69 Å². The number of ether oxygens (including phenoxy) is 1. The lowest BCUT2D eigenvalue weighted by atomic mass is 10.1. The zero-order chi connectivity index (χ0) is 18.7. The monoisotopic (exact) mass is 390 g/mol. The molecule has 6 nitrogen and oxygen atoms in total. The molecule has 0 fully saturated rings. The summed E-state index contributed by atoms with van der Waals surface area (Å²) in [7, 11) is 1.47. The SMILES string of the molecule is COc1c(Cl)cc(C(=O)N[C@@H](C)c2ccc(-n3cncn3)cc2)cc1Cl. The van der Waals surface area contributed by atoms with Crippen LogP contribution in [-0.2, 0) is 0 Å². The van der Waals surface area contributed by atoms with Gasteiger partial charge in [-0.25, -0.2) is 9.67 Å². The van der Waals surface area contributed by atoms with Crippen LogP contribution < -0.4 is 10.1 Å². The second-order valence-corrected chi connectivity index (χ2v) is 6.41. The van der Waals surface area contributed by atoms with Crippen molar-refractivity contribution in [3.63, 3.8) is 0 Å². The van der Waals surface area contributed by atoms with Crippen LogP contribution in [-0.4, -0.2) is 27.8 Å². The number of hydrogen-bond acceptors (Lipinski definition) is 4. The maximum atomic E-state index is 12.5. The third-order valence-electron chi connectivity index (χ3n) is 3.89. The number of nitrogens with one attached hydrogen (secondary N) is 1. The normalized spacial score (nSPS) is 11.8. The maximum Gasteiger partial charge on any atom is 0.251 e. The van der Waals surface area contributed by atoms with Gasteiger partial charge in [0, 0.05) is 5.56 Å². The van der Waals surface area contributed by atoms with E-state index in [2.05, 4.69) is 15.4 Å². The number of amides is 1. The van der Waals surface area contributed by atoms with Gasteiger partial charge in [-0.15, -0.1) is 0 Å². The van der Waals surface area contributed by atoms with Gasteiger partial charge in [0.25, 0.3) is 5.91 Å². The summed E-state index contributed by atoms with van der Waals surface area (Å²) in [5, 5.41) is 7.58. The van der Waals surface area contributed by atoms with Crippen molar-refractivity contribution in [3.05, 3.63) is 70.2 Å². The minimum atomic E-state index is -0.274. The number of carbonyl (C=O) groups excluding carboxylic acids is 1. The summed E-state index contributed by atoms with van der Waals surface area (Å²) < 4.78 is 6.76. The highest BCUT2D eigenvalue weighted by Gasteiger charge is 2.16. The Morgan fingerprint density at radius 1 is 1.19 bits per heavy atom. The highest BCUT2D eigenvalue weighted by atomic mass is 35.5. The highest BCUT2D eigenvalue weighted by molar-refractivity contribution is 6.37. The summed E-state index contributed by atoms with van der Waals surface area (Å²) in [4.78, 5) is 16.4. The van der Waals surface area contributed by atoms with Crippen LogP contribution in [0.15, 0.2) is 49.1 Å². The van der Waals surface area contributed by atoms with Gasteiger partial charge in [0.2, 0.25) is 0 Å². The van der Waals surface area contributed by atoms with Crippen molar-refractivity contribution < 1.29 is 9.53 Å². The third kappa shape index (κ3) is 3.81. The van der Waals surface area contributed by atoms with E-state index in [-0.39, 0.29) is 22.0 Å². The van der Waals surface area contributed by atoms with Crippen LogP contribution in [0.1, 0.15) is 28.9 Å². The standard InChI is InChI=1S/C18H16Cl2N4O2/c1-11(12-3-5-14(6-4-12)24-10-21-9-22-24)23-18(25)13-7-15(19)17(26-2)16(20)8-13/h3-11H,1-2H3,(H,23,25)/t11-/m0/s1. The Hall–Kier alpha value is -2.57. The summed E-state index contributed by atoms with van der Waals surface area (Å²) in [6.45, 7) is 1.90. The molecule has 0 bridgehead atoms. The van der Waals surface area contributed by atoms with Crippen molar-refractivity contribution in [1.82, 2.24) is 20.1 Å². The van der Waals surface area contributed by atoms with Crippen molar-refractivity contribution in [1.29, 1.82) is 0 Å². The number of aromatic nitrogens is 3. The minimum absolute atomic E-state index is 0.202. The van der Waals surface area contributed by atoms with E-state index in [9.17, 15) is 4.79 Å². The number of halogens is 2. The molecule has 0 aliphatic carbocycles. The fourth-order valence-corrected chi connectivity index (χ4v) is 3.15. The predicted octanol–water partition coefficient (Wildman–Crippen LogP) is 4.07. The van der Waals surface area contributed by atoms with E-state index in [1.807, 2.05) is 31.2 Å². The van der Waals surface area contributed by atoms with Crippen LogP contribution >= 0.6 is 23.2 Å². The van der Waals surface area contributed by atoms with Crippen molar-refractivity contribution in [2.24, 2.45) is 0 Å². The molecule has 1 atom stereocenters. The van der Waals surface area contributed by atoms with Gasteiger partial charge >= 0.3 is 0 Å². The van der Waals surface area contributed by atoms with E-state index in [1.54, 1.807) is 11.0 Å². The van der Waals surface area contributed by atoms with E-state index in [1.165, 1.54) is 25.6 Å². The Morgan fingerprint density at radius 2 is 1.85 bits per heavy atom. The van der Waals surface area contributed by atoms with Crippen molar-refractivity contribution in [2.45, 2.75) is 13.0 Å². The van der Waals surface area contributed by atoms with Gasteiger partial charge in [0.1, 0.15) is 12.7 Å². The lowest BCUT2D eigenvalue weighted by Gasteiger charge is -2.16. The number of rotatable bonds is 5. The number of methoxy groups -OCH3 is 1. The van der Waals surface area contributed by atoms with Crippen molar-refractivity contribution in [2.75, 3.05) is 7.11 Å². The Morgan fingerprint density at radius 3 is 2.38 bits per heavy atom. The van der Waals surface area contributed by atoms with Crippen LogP contribution in [0.2, 0.25) is 10.0 Å². The van der Waals surface area contributed by atoms with E-state index < -0.39 is 0 Å². The molecule has 3 rings (SSSR count). The molecule has 26 heavy (non-hydrogen) atoms. The molecule has 8 heteroatoms. The number of nitrogens with zero attached hydrogens (tertiary/aromatic N) is 3. The van der Waals surface area contributed by atoms with Crippen LogP contribution in [0.5, 0.6) is 5.75 Å². The molecule has 0 spiro atoms. The second kappa shape index (κ2) is 7.76. The summed E-state index contributed by atoms with van der Waals surface area (Å²) in [5.41, 5.74) is 2.21. The van der Waals surface area contributed by atoms with E-state index >= 15 is 0 Å². The average molecular weight is 391 g/mol. The molecule has 2 aromatic carbocycles. The zero-order valence-corrected chi connectivity index (χ0v) is 15.6. The maximum absolute atomic E-state index is 12.5. The van der Waals surface area contributed by atoms with Gasteiger partial charge in [-0.05, 0) is 36.8 Å². The van der Waals surface area contributed by atoms with E-state index in [0.29, 0.717) is 11.3 Å². The first-order valence-corrected chi connectivity index (χ1v) is 8.54. The number of carbonyl (C=O) groups is 1. The molecule has 3 aromatic rings. The summed E-state index contributed by atoms with van der Waals surface area (Å²) in [6, 6.07) is 10.5. The lowest BCUT2D eigenvalue weighted by molar-refractivity contribution is 0.0940. The van der Waals surface area contributed by atoms with E-state index in [4.69, 9.17) is 27.9 Å². The van der Waals surface area contributed by atoms with E-state index in [0.717, 1.165) is 11.3 Å². The summed E-state index contributed by atoms with van der Waals surface area (Å²) >= 11 is 12.2. The number of benzene rings is 2. The topological polar surface area (TPSA) is 69.0 Å². The minimum Gasteiger partial charge on any atom is -0.494 e. The van der Waals surface area contributed by atoms with Gasteiger partial charge in [-0.3, -0.25) is 4.79 Å². The molecule has 1 N–H and O–H groups in total. The zero-order valence-electron chi connectivity index (χ0n) is 14.1. The quantitative estimate of drug-likeness (QED) is 0.712. The third-order valence-corrected chi connectivity index (χ3v) is 4.45. The molecule has 0 saturated carbocycles. The fraction of sp³-hybridized carbons (Fsp3) is 0.167. The van der Waals surface area contributed by atoms with Gasteiger partial charge in [-0.1, -0.05) is 35.3 Å². The highest BCUT2D eigenvalue weighted by Crippen LogP contribution is 2.33. The first-order chi connectivity index (χ1) is 12.5. The molecule has 1 aromatic heterocycles. The van der Waals surface area contributed by atoms with Crippen LogP contribution in [0.3, 0.4) is 0 Å². The second-order valence-electron chi connectivity index (χ2n) is 5.60. The molecule has 1 amide bonds. The van der Waals surface area contributed by atoms with Gasteiger partial charge < -0.3 is 10.1 Å². The molecule has 0 unspecified atom stereocenters. The molecule has 134 valence electrons. The Kier molecular flexibility index (Phi) is 5.44. The average Bonchev–Trinajstić information content (AvgIpc) is 3.16. The first-order valence-electron chi connectivity index (χ1n) is 7.78.